The van der Waals surface area contributed by atoms with Crippen molar-refractivity contribution in [3.05, 3.63) is 41.9 Å². The van der Waals surface area contributed by atoms with E-state index in [9.17, 15) is 28.6 Å². The fourth-order valence-corrected chi connectivity index (χ4v) is 2.44. The van der Waals surface area contributed by atoms with Crippen LogP contribution in [0.4, 0.5) is 0 Å². The molecule has 9 heteroatoms. The molecular weight excluding hydrogens is 216 g/mol. The maximum Gasteiger partial charge on any atom is 0.373 e. The van der Waals surface area contributed by atoms with Crippen LogP contribution in [0.25, 0.3) is 0 Å². The van der Waals surface area contributed by atoms with Gasteiger partial charge in [0.05, 0.1) is 9.85 Å². The van der Waals surface area contributed by atoms with Crippen LogP contribution in [0.5, 0.6) is 0 Å². The third kappa shape index (κ3) is 1.37. The van der Waals surface area contributed by atoms with E-state index in [2.05, 4.69) is 0 Å². The Kier molecular flexibility index (Phi) is 2.12. The van der Waals surface area contributed by atoms with Gasteiger partial charge in [0.25, 0.3) is 15.5 Å². The highest BCUT2D eigenvalue weighted by molar-refractivity contribution is 7.98. The number of sulfone groups is 1. The topological polar surface area (TPSA) is 120 Å². The van der Waals surface area contributed by atoms with Gasteiger partial charge in [0, 0.05) is 0 Å². The molecule has 14 heavy (non-hydrogen) atoms. The largest absolute Gasteiger partial charge is 0.373 e. The molecule has 0 amide bonds. The van der Waals surface area contributed by atoms with E-state index in [1.165, 1.54) is 0 Å². The van der Waals surface area contributed by atoms with E-state index in [1.54, 1.807) is 0 Å². The van der Waals surface area contributed by atoms with Crippen LogP contribution in [0.2, 0.25) is 0 Å². The van der Waals surface area contributed by atoms with Crippen LogP contribution in [-0.2, 0) is 9.84 Å². The van der Waals surface area contributed by atoms with E-state index >= 15 is 0 Å². The summed E-state index contributed by atoms with van der Waals surface area (Å²) >= 11 is 0. The van der Waals surface area contributed by atoms with E-state index in [0.29, 0.717) is 5.41 Å². The minimum absolute atomic E-state index is 0.292. The Morgan fingerprint density at radius 2 is 1.71 bits per heavy atom. The van der Waals surface area contributed by atoms with Crippen molar-refractivity contribution < 1.29 is 18.3 Å². The molecule has 0 saturated carbocycles. The summed E-state index contributed by atoms with van der Waals surface area (Å²) in [4.78, 5) is 18.5. The molecule has 0 aromatic carbocycles. The van der Waals surface area contributed by atoms with Crippen molar-refractivity contribution >= 4 is 9.84 Å². The second-order valence-corrected chi connectivity index (χ2v) is 4.20. The lowest BCUT2D eigenvalue weighted by molar-refractivity contribution is -0.427. The van der Waals surface area contributed by atoms with Gasteiger partial charge in [-0.05, 0) is 6.92 Å². The molecule has 8 nitrogen and oxygen atoms in total. The Morgan fingerprint density at radius 3 is 1.93 bits per heavy atom. The van der Waals surface area contributed by atoms with Gasteiger partial charge >= 0.3 is 5.03 Å². The number of hydrogen-bond donors (Lipinski definition) is 0. The first kappa shape index (κ1) is 10.3. The molecule has 0 N–H and O–H groups in total. The van der Waals surface area contributed by atoms with Gasteiger partial charge in [0.1, 0.15) is 11.0 Å². The fourth-order valence-electron chi connectivity index (χ4n) is 1.03. The smallest absolute Gasteiger partial charge is 0.258 e. The average molecular weight is 220 g/mol. The third-order valence-corrected chi connectivity index (χ3v) is 3.13. The normalized spacial score (nSPS) is 19.4. The first-order chi connectivity index (χ1) is 6.27. The molecule has 0 fully saturated rings. The summed E-state index contributed by atoms with van der Waals surface area (Å²) in [6, 6.07) is 0. The molecule has 0 radical (unpaired) electrons. The number of nitrogens with zero attached hydrogens (tertiary/aromatic N) is 2. The standard InChI is InChI=1S/C5H4N2O6S/c1-3-4(6(8)9)2-14(12,13)5(3)7(10)11/h2H,1H3. The Morgan fingerprint density at radius 1 is 1.21 bits per heavy atom. The van der Waals surface area contributed by atoms with Crippen LogP contribution in [0.15, 0.2) is 21.7 Å². The van der Waals surface area contributed by atoms with Gasteiger partial charge in [-0.3, -0.25) is 20.2 Å². The highest BCUT2D eigenvalue weighted by atomic mass is 32.2. The van der Waals surface area contributed by atoms with Crippen molar-refractivity contribution in [2.45, 2.75) is 6.92 Å². The Hall–Kier alpha value is -1.77. The minimum atomic E-state index is -4.25. The summed E-state index contributed by atoms with van der Waals surface area (Å²) in [7, 11) is -4.25. The molecule has 0 spiro atoms. The van der Waals surface area contributed by atoms with Gasteiger partial charge < -0.3 is 0 Å². The zero-order chi connectivity index (χ0) is 11.1. The second kappa shape index (κ2) is 2.87. The predicted octanol–water partition coefficient (Wildman–Crippen LogP) is 0.0411. The highest BCUT2D eigenvalue weighted by Gasteiger charge is 2.43. The van der Waals surface area contributed by atoms with E-state index < -0.39 is 36.0 Å². The first-order valence-electron chi connectivity index (χ1n) is 3.24. The van der Waals surface area contributed by atoms with Crippen molar-refractivity contribution in [3.8, 4) is 0 Å². The van der Waals surface area contributed by atoms with Gasteiger partial charge in [0.15, 0.2) is 0 Å². The molecule has 0 aromatic heterocycles. The molecule has 0 saturated heterocycles. The molecule has 1 heterocycles. The molecule has 0 unspecified atom stereocenters. The van der Waals surface area contributed by atoms with Crippen LogP contribution in [0.3, 0.4) is 0 Å². The maximum absolute atomic E-state index is 11.0. The quantitative estimate of drug-likeness (QED) is 0.478. The van der Waals surface area contributed by atoms with Crippen molar-refractivity contribution in [3.63, 3.8) is 0 Å². The second-order valence-electron chi connectivity index (χ2n) is 2.49. The van der Waals surface area contributed by atoms with Gasteiger partial charge in [-0.25, -0.2) is 8.42 Å². The van der Waals surface area contributed by atoms with Gasteiger partial charge in [-0.1, -0.05) is 0 Å². The number of rotatable bonds is 2. The average Bonchev–Trinajstić information content (AvgIpc) is 2.20. The summed E-state index contributed by atoms with van der Waals surface area (Å²) in [5.41, 5.74) is -1.20. The minimum Gasteiger partial charge on any atom is -0.258 e. The third-order valence-electron chi connectivity index (χ3n) is 1.60. The van der Waals surface area contributed by atoms with Gasteiger partial charge in [0.2, 0.25) is 0 Å². The predicted molar refractivity (Wildman–Crippen MR) is 43.7 cm³/mol. The zero-order valence-corrected chi connectivity index (χ0v) is 7.65. The van der Waals surface area contributed by atoms with E-state index in [1.807, 2.05) is 0 Å². The number of hydrogen-bond acceptors (Lipinski definition) is 6. The van der Waals surface area contributed by atoms with Crippen LogP contribution < -0.4 is 0 Å². The van der Waals surface area contributed by atoms with E-state index in [0.717, 1.165) is 6.92 Å². The molecule has 0 aromatic rings. The summed E-state index contributed by atoms with van der Waals surface area (Å²) < 4.78 is 22.1. The SMILES string of the molecule is CC1=C([N+](=O)[O-])S(=O)(=O)C=C1[N+](=O)[O-]. The van der Waals surface area contributed by atoms with E-state index in [-0.39, 0.29) is 0 Å². The van der Waals surface area contributed by atoms with E-state index in [4.69, 9.17) is 0 Å². The summed E-state index contributed by atoms with van der Waals surface area (Å²) in [5, 5.41) is 19.8. The fraction of sp³-hybridized carbons (Fsp3) is 0.200. The van der Waals surface area contributed by atoms with Gasteiger partial charge in [-0.15, -0.1) is 0 Å². The van der Waals surface area contributed by atoms with Crippen molar-refractivity contribution in [1.29, 1.82) is 0 Å². The van der Waals surface area contributed by atoms with Gasteiger partial charge in [-0.2, -0.15) is 0 Å². The Labute approximate surface area is 77.7 Å². The molecule has 0 bridgehead atoms. The summed E-state index contributed by atoms with van der Waals surface area (Å²) in [6.45, 7) is 1.03. The van der Waals surface area contributed by atoms with Crippen molar-refractivity contribution in [2.75, 3.05) is 0 Å². The van der Waals surface area contributed by atoms with Crippen molar-refractivity contribution in [2.24, 2.45) is 0 Å². The van der Waals surface area contributed by atoms with Crippen LogP contribution in [-0.4, -0.2) is 18.3 Å². The highest BCUT2D eigenvalue weighted by Crippen LogP contribution is 2.29. The molecule has 1 aliphatic heterocycles. The summed E-state index contributed by atoms with van der Waals surface area (Å²) in [5.74, 6) is 0. The molecule has 0 atom stereocenters. The van der Waals surface area contributed by atoms with Crippen LogP contribution in [0.1, 0.15) is 6.92 Å². The first-order valence-corrected chi connectivity index (χ1v) is 4.79. The van der Waals surface area contributed by atoms with Crippen LogP contribution in [0, 0.1) is 20.2 Å². The molecule has 0 aliphatic carbocycles. The number of nitro groups is 2. The zero-order valence-electron chi connectivity index (χ0n) is 6.83. The lowest BCUT2D eigenvalue weighted by Gasteiger charge is -1.91. The Bertz CT molecular complexity index is 484. The van der Waals surface area contributed by atoms with Crippen LogP contribution >= 0.6 is 0 Å². The molecule has 1 aliphatic rings. The lowest BCUT2D eigenvalue weighted by Crippen LogP contribution is -2.07. The summed E-state index contributed by atoms with van der Waals surface area (Å²) in [6.07, 6.45) is 0. The molecular formula is C5H4N2O6S. The number of allylic oxidation sites excluding steroid dienone is 1. The van der Waals surface area contributed by atoms with Crippen molar-refractivity contribution in [1.82, 2.24) is 0 Å². The molecule has 1 rings (SSSR count). The maximum atomic E-state index is 11.0. The monoisotopic (exact) mass is 220 g/mol. The Balaban J connectivity index is 3.49. The lowest BCUT2D eigenvalue weighted by atomic mass is 10.3. The molecule has 76 valence electrons.